The SMILES string of the molecule is C[NH+](C)CCOC(=O)CC(C)(C)NCl. The van der Waals surface area contributed by atoms with Crippen LogP contribution in [-0.4, -0.2) is 38.8 Å². The van der Waals surface area contributed by atoms with Gasteiger partial charge in [-0.15, -0.1) is 0 Å². The van der Waals surface area contributed by atoms with E-state index in [-0.39, 0.29) is 12.4 Å². The Hall–Kier alpha value is -0.320. The molecule has 5 heteroatoms. The number of rotatable bonds is 6. The summed E-state index contributed by atoms with van der Waals surface area (Å²) in [6.45, 7) is 4.97. The van der Waals surface area contributed by atoms with Crippen LogP contribution in [0, 0.1) is 0 Å². The van der Waals surface area contributed by atoms with E-state index >= 15 is 0 Å². The summed E-state index contributed by atoms with van der Waals surface area (Å²) in [5.74, 6) is -0.218. The van der Waals surface area contributed by atoms with Gasteiger partial charge >= 0.3 is 5.97 Å². The fourth-order valence-electron chi connectivity index (χ4n) is 0.814. The van der Waals surface area contributed by atoms with Crippen LogP contribution in [-0.2, 0) is 9.53 Å². The molecule has 0 saturated heterocycles. The third kappa shape index (κ3) is 7.12. The van der Waals surface area contributed by atoms with Crippen LogP contribution in [0.5, 0.6) is 0 Å². The number of nitrogens with one attached hydrogen (secondary N) is 2. The number of carbonyl (C=O) groups is 1. The first-order chi connectivity index (χ1) is 6.37. The van der Waals surface area contributed by atoms with E-state index in [1.165, 1.54) is 4.90 Å². The Labute approximate surface area is 90.7 Å². The van der Waals surface area contributed by atoms with E-state index in [2.05, 4.69) is 4.84 Å². The average molecular weight is 224 g/mol. The standard InChI is InChI=1S/C9H19ClN2O2/c1-9(2,11-10)7-8(13)14-6-5-12(3)4/h11H,5-7H2,1-4H3/p+1. The number of likely N-dealkylation sites (N-methyl/N-ethyl adjacent to an activating group) is 1. The van der Waals surface area contributed by atoms with Crippen molar-refractivity contribution in [3.05, 3.63) is 0 Å². The van der Waals surface area contributed by atoms with Crippen LogP contribution in [0.3, 0.4) is 0 Å². The summed E-state index contributed by atoms with van der Waals surface area (Å²) < 4.78 is 5.03. The summed E-state index contributed by atoms with van der Waals surface area (Å²) in [6, 6.07) is 0. The summed E-state index contributed by atoms with van der Waals surface area (Å²) in [4.78, 5) is 15.1. The molecule has 0 bridgehead atoms. The van der Waals surface area contributed by atoms with Crippen molar-refractivity contribution in [2.45, 2.75) is 25.8 Å². The van der Waals surface area contributed by atoms with Gasteiger partial charge in [0.2, 0.25) is 0 Å². The predicted octanol–water partition coefficient (Wildman–Crippen LogP) is -0.414. The van der Waals surface area contributed by atoms with E-state index in [9.17, 15) is 4.79 Å². The Balaban J connectivity index is 3.66. The zero-order chi connectivity index (χ0) is 11.2. The Kier molecular flexibility index (Phi) is 6.08. The van der Waals surface area contributed by atoms with E-state index in [1.54, 1.807) is 0 Å². The van der Waals surface area contributed by atoms with Gasteiger partial charge in [-0.3, -0.25) is 4.79 Å². The Morgan fingerprint density at radius 3 is 2.50 bits per heavy atom. The van der Waals surface area contributed by atoms with Gasteiger partial charge in [0.05, 0.1) is 20.5 Å². The van der Waals surface area contributed by atoms with Crippen LogP contribution < -0.4 is 9.74 Å². The first-order valence-electron chi connectivity index (χ1n) is 4.70. The Bertz CT molecular complexity index is 184. The zero-order valence-corrected chi connectivity index (χ0v) is 10.1. The second-order valence-electron chi connectivity index (χ2n) is 4.33. The van der Waals surface area contributed by atoms with Crippen molar-refractivity contribution >= 4 is 17.7 Å². The van der Waals surface area contributed by atoms with Crippen LogP contribution in [0.4, 0.5) is 0 Å². The van der Waals surface area contributed by atoms with Gasteiger partial charge in [0, 0.05) is 5.54 Å². The third-order valence-corrected chi connectivity index (χ3v) is 2.22. The number of ether oxygens (including phenoxy) is 1. The highest BCUT2D eigenvalue weighted by Crippen LogP contribution is 2.09. The van der Waals surface area contributed by atoms with Crippen LogP contribution in [0.15, 0.2) is 0 Å². The maximum Gasteiger partial charge on any atom is 0.307 e. The molecule has 0 atom stereocenters. The minimum absolute atomic E-state index is 0.218. The number of quaternary nitrogens is 1. The zero-order valence-electron chi connectivity index (χ0n) is 9.32. The maximum absolute atomic E-state index is 11.3. The van der Waals surface area contributed by atoms with Gasteiger partial charge in [0.1, 0.15) is 13.2 Å². The molecule has 0 aromatic carbocycles. The molecule has 0 fully saturated rings. The highest BCUT2D eigenvalue weighted by molar-refractivity contribution is 6.14. The van der Waals surface area contributed by atoms with Crippen LogP contribution >= 0.6 is 11.8 Å². The van der Waals surface area contributed by atoms with Gasteiger partial charge in [-0.05, 0) is 25.6 Å². The van der Waals surface area contributed by atoms with Crippen LogP contribution in [0.2, 0.25) is 0 Å². The van der Waals surface area contributed by atoms with Crippen molar-refractivity contribution in [2.75, 3.05) is 27.2 Å². The average Bonchev–Trinajstić information content (AvgIpc) is 2.02. The van der Waals surface area contributed by atoms with Gasteiger partial charge in [-0.25, -0.2) is 4.84 Å². The van der Waals surface area contributed by atoms with Crippen LogP contribution in [0.1, 0.15) is 20.3 Å². The van der Waals surface area contributed by atoms with Gasteiger partial charge in [-0.1, -0.05) is 0 Å². The lowest BCUT2D eigenvalue weighted by molar-refractivity contribution is -0.858. The normalized spacial score (nSPS) is 11.9. The largest absolute Gasteiger partial charge is 0.460 e. The molecular formula is C9H20ClN2O2+. The predicted molar refractivity (Wildman–Crippen MR) is 56.3 cm³/mol. The molecule has 0 aliphatic rings. The van der Waals surface area contributed by atoms with E-state index in [1.807, 2.05) is 27.9 Å². The minimum Gasteiger partial charge on any atom is -0.460 e. The molecule has 0 spiro atoms. The summed E-state index contributed by atoms with van der Waals surface area (Å²) in [5, 5.41) is 0. The molecule has 0 heterocycles. The lowest BCUT2D eigenvalue weighted by atomic mass is 10.0. The number of hydrogen-bond acceptors (Lipinski definition) is 3. The number of halogens is 1. The molecule has 0 aliphatic heterocycles. The summed E-state index contributed by atoms with van der Waals surface area (Å²) in [5.41, 5.74) is -0.413. The Morgan fingerprint density at radius 1 is 1.50 bits per heavy atom. The maximum atomic E-state index is 11.3. The first kappa shape index (κ1) is 13.7. The molecule has 0 radical (unpaired) electrons. The number of esters is 1. The lowest BCUT2D eigenvalue weighted by Crippen LogP contribution is -3.06. The van der Waals surface area contributed by atoms with E-state index in [4.69, 9.17) is 16.5 Å². The van der Waals surface area contributed by atoms with Crippen molar-refractivity contribution in [3.8, 4) is 0 Å². The molecule has 2 N–H and O–H groups in total. The Morgan fingerprint density at radius 2 is 2.07 bits per heavy atom. The monoisotopic (exact) mass is 223 g/mol. The minimum atomic E-state index is -0.413. The number of hydrogen-bond donors (Lipinski definition) is 2. The van der Waals surface area contributed by atoms with Crippen molar-refractivity contribution < 1.29 is 14.4 Å². The molecule has 0 unspecified atom stereocenters. The van der Waals surface area contributed by atoms with Crippen molar-refractivity contribution in [3.63, 3.8) is 0 Å². The number of carbonyl (C=O) groups excluding carboxylic acids is 1. The smallest absolute Gasteiger partial charge is 0.307 e. The molecule has 0 aliphatic carbocycles. The second kappa shape index (κ2) is 6.22. The van der Waals surface area contributed by atoms with E-state index in [0.29, 0.717) is 6.61 Å². The van der Waals surface area contributed by atoms with Crippen LogP contribution in [0.25, 0.3) is 0 Å². The third-order valence-electron chi connectivity index (χ3n) is 1.71. The fraction of sp³-hybridized carbons (Fsp3) is 0.889. The lowest BCUT2D eigenvalue weighted by Gasteiger charge is -2.20. The van der Waals surface area contributed by atoms with Crippen molar-refractivity contribution in [1.82, 2.24) is 4.84 Å². The highest BCUT2D eigenvalue weighted by atomic mass is 35.5. The van der Waals surface area contributed by atoms with Crippen molar-refractivity contribution in [1.29, 1.82) is 0 Å². The molecule has 0 aromatic heterocycles. The summed E-state index contributed by atoms with van der Waals surface area (Å²) in [7, 11) is 4.02. The first-order valence-corrected chi connectivity index (χ1v) is 5.07. The van der Waals surface area contributed by atoms with E-state index < -0.39 is 5.54 Å². The summed E-state index contributed by atoms with van der Waals surface area (Å²) in [6.07, 6.45) is 0.277. The molecule has 0 amide bonds. The molecule has 0 saturated carbocycles. The molecule has 0 aromatic rings. The topological polar surface area (TPSA) is 42.8 Å². The van der Waals surface area contributed by atoms with Gasteiger partial charge < -0.3 is 9.64 Å². The summed E-state index contributed by atoms with van der Waals surface area (Å²) >= 11 is 5.46. The quantitative estimate of drug-likeness (QED) is 0.475. The molecule has 4 nitrogen and oxygen atoms in total. The van der Waals surface area contributed by atoms with E-state index in [0.717, 1.165) is 6.54 Å². The molecule has 0 rings (SSSR count). The fourth-order valence-corrected chi connectivity index (χ4v) is 0.881. The molecular weight excluding hydrogens is 204 g/mol. The van der Waals surface area contributed by atoms with Gasteiger partial charge in [0.15, 0.2) is 0 Å². The van der Waals surface area contributed by atoms with Crippen molar-refractivity contribution in [2.24, 2.45) is 0 Å². The van der Waals surface area contributed by atoms with Gasteiger partial charge in [-0.2, -0.15) is 0 Å². The molecule has 14 heavy (non-hydrogen) atoms. The van der Waals surface area contributed by atoms with Gasteiger partial charge in [0.25, 0.3) is 0 Å². The molecule has 84 valence electrons. The second-order valence-corrected chi connectivity index (χ2v) is 4.52. The highest BCUT2D eigenvalue weighted by Gasteiger charge is 2.21.